The van der Waals surface area contributed by atoms with E-state index in [0.717, 1.165) is 11.2 Å². The standard InChI is InChI=1S/C12H14N2/c1-8(2)11-10-6-4-5-9(3)12(10)14-7-13-11/h4-8H,1-3H3. The van der Waals surface area contributed by atoms with Crippen LogP contribution in [0.15, 0.2) is 24.5 Å². The molecule has 1 aromatic carbocycles. The lowest BCUT2D eigenvalue weighted by atomic mass is 10.0. The fraction of sp³-hybridized carbons (Fsp3) is 0.333. The molecule has 0 amide bonds. The fourth-order valence-corrected chi connectivity index (χ4v) is 1.72. The molecule has 1 aromatic heterocycles. The van der Waals surface area contributed by atoms with Crippen LogP contribution in [0.2, 0.25) is 0 Å². The van der Waals surface area contributed by atoms with Crippen molar-refractivity contribution in [3.8, 4) is 0 Å². The first-order valence-corrected chi connectivity index (χ1v) is 4.90. The van der Waals surface area contributed by atoms with Gasteiger partial charge >= 0.3 is 0 Å². The van der Waals surface area contributed by atoms with E-state index in [1.165, 1.54) is 10.9 Å². The van der Waals surface area contributed by atoms with Gasteiger partial charge in [0.15, 0.2) is 0 Å². The zero-order valence-corrected chi connectivity index (χ0v) is 8.78. The molecule has 0 radical (unpaired) electrons. The summed E-state index contributed by atoms with van der Waals surface area (Å²) in [6.45, 7) is 6.40. The smallest absolute Gasteiger partial charge is 0.116 e. The zero-order chi connectivity index (χ0) is 10.1. The van der Waals surface area contributed by atoms with Crippen LogP contribution in [-0.4, -0.2) is 9.97 Å². The highest BCUT2D eigenvalue weighted by Gasteiger charge is 2.07. The molecule has 0 fully saturated rings. The molecule has 0 bridgehead atoms. The molecule has 2 nitrogen and oxygen atoms in total. The van der Waals surface area contributed by atoms with Crippen molar-refractivity contribution in [2.75, 3.05) is 0 Å². The third kappa shape index (κ3) is 1.37. The first kappa shape index (κ1) is 9.13. The van der Waals surface area contributed by atoms with Gasteiger partial charge in [0.25, 0.3) is 0 Å². The molecule has 0 aliphatic carbocycles. The van der Waals surface area contributed by atoms with E-state index in [1.807, 2.05) is 0 Å². The normalized spacial score (nSPS) is 11.1. The van der Waals surface area contributed by atoms with Crippen LogP contribution in [-0.2, 0) is 0 Å². The summed E-state index contributed by atoms with van der Waals surface area (Å²) in [5, 5.41) is 1.18. The number of aromatic nitrogens is 2. The third-order valence-electron chi connectivity index (χ3n) is 2.44. The van der Waals surface area contributed by atoms with Gasteiger partial charge in [0.2, 0.25) is 0 Å². The fourth-order valence-electron chi connectivity index (χ4n) is 1.72. The van der Waals surface area contributed by atoms with E-state index < -0.39 is 0 Å². The second-order valence-corrected chi connectivity index (χ2v) is 3.88. The molecule has 0 spiro atoms. The number of para-hydroxylation sites is 1. The monoisotopic (exact) mass is 186 g/mol. The average molecular weight is 186 g/mol. The molecule has 0 aliphatic rings. The summed E-state index contributed by atoms with van der Waals surface area (Å²) < 4.78 is 0. The van der Waals surface area contributed by atoms with Crippen molar-refractivity contribution in [3.05, 3.63) is 35.8 Å². The number of hydrogen-bond acceptors (Lipinski definition) is 2. The van der Waals surface area contributed by atoms with Crippen LogP contribution < -0.4 is 0 Å². The molecule has 0 saturated heterocycles. The van der Waals surface area contributed by atoms with Gasteiger partial charge in [0.05, 0.1) is 11.2 Å². The minimum atomic E-state index is 0.447. The Hall–Kier alpha value is -1.44. The summed E-state index contributed by atoms with van der Waals surface area (Å²) in [6.07, 6.45) is 1.66. The van der Waals surface area contributed by atoms with E-state index >= 15 is 0 Å². The number of fused-ring (bicyclic) bond motifs is 1. The Bertz CT molecular complexity index is 461. The maximum Gasteiger partial charge on any atom is 0.116 e. The largest absolute Gasteiger partial charge is 0.240 e. The topological polar surface area (TPSA) is 25.8 Å². The average Bonchev–Trinajstić information content (AvgIpc) is 2.17. The summed E-state index contributed by atoms with van der Waals surface area (Å²) >= 11 is 0. The Kier molecular flexibility index (Phi) is 2.20. The number of rotatable bonds is 1. The molecule has 14 heavy (non-hydrogen) atoms. The van der Waals surface area contributed by atoms with Gasteiger partial charge < -0.3 is 0 Å². The van der Waals surface area contributed by atoms with Crippen molar-refractivity contribution in [2.45, 2.75) is 26.7 Å². The number of aryl methyl sites for hydroxylation is 1. The lowest BCUT2D eigenvalue weighted by molar-refractivity contribution is 0.828. The molecule has 0 N–H and O–H groups in total. The van der Waals surface area contributed by atoms with E-state index in [2.05, 4.69) is 48.9 Å². The zero-order valence-electron chi connectivity index (χ0n) is 8.78. The van der Waals surface area contributed by atoms with Crippen molar-refractivity contribution in [3.63, 3.8) is 0 Å². The molecular formula is C12H14N2. The second-order valence-electron chi connectivity index (χ2n) is 3.88. The van der Waals surface area contributed by atoms with Crippen molar-refractivity contribution in [1.82, 2.24) is 9.97 Å². The van der Waals surface area contributed by atoms with Gasteiger partial charge in [-0.2, -0.15) is 0 Å². The summed E-state index contributed by atoms with van der Waals surface area (Å²) in [5.74, 6) is 0.447. The van der Waals surface area contributed by atoms with Crippen LogP contribution in [0.3, 0.4) is 0 Å². The Balaban J connectivity index is 2.81. The van der Waals surface area contributed by atoms with Gasteiger partial charge in [-0.3, -0.25) is 0 Å². The Labute approximate surface area is 84.0 Å². The Morgan fingerprint density at radius 1 is 1.14 bits per heavy atom. The molecule has 72 valence electrons. The lowest BCUT2D eigenvalue weighted by Gasteiger charge is -2.08. The molecule has 0 aliphatic heterocycles. The number of benzene rings is 1. The highest BCUT2D eigenvalue weighted by molar-refractivity contribution is 5.83. The summed E-state index contributed by atoms with van der Waals surface area (Å²) in [6, 6.07) is 6.24. The molecule has 0 unspecified atom stereocenters. The van der Waals surface area contributed by atoms with E-state index in [9.17, 15) is 0 Å². The number of hydrogen-bond donors (Lipinski definition) is 0. The van der Waals surface area contributed by atoms with Crippen LogP contribution in [0.1, 0.15) is 31.0 Å². The molecule has 1 heterocycles. The van der Waals surface area contributed by atoms with Gasteiger partial charge in [-0.1, -0.05) is 32.0 Å². The predicted molar refractivity (Wildman–Crippen MR) is 58.4 cm³/mol. The Morgan fingerprint density at radius 2 is 1.93 bits per heavy atom. The lowest BCUT2D eigenvalue weighted by Crippen LogP contribution is -1.96. The first-order chi connectivity index (χ1) is 6.70. The highest BCUT2D eigenvalue weighted by Crippen LogP contribution is 2.23. The van der Waals surface area contributed by atoms with Crippen molar-refractivity contribution in [2.24, 2.45) is 0 Å². The summed E-state index contributed by atoms with van der Waals surface area (Å²) in [7, 11) is 0. The highest BCUT2D eigenvalue weighted by atomic mass is 14.8. The minimum absolute atomic E-state index is 0.447. The van der Waals surface area contributed by atoms with E-state index in [-0.39, 0.29) is 0 Å². The molecule has 0 atom stereocenters. The molecule has 2 aromatic rings. The second kappa shape index (κ2) is 3.37. The van der Waals surface area contributed by atoms with Gasteiger partial charge in [-0.05, 0) is 18.4 Å². The van der Waals surface area contributed by atoms with Gasteiger partial charge in [-0.25, -0.2) is 9.97 Å². The van der Waals surface area contributed by atoms with E-state index in [1.54, 1.807) is 6.33 Å². The van der Waals surface area contributed by atoms with Gasteiger partial charge in [-0.15, -0.1) is 0 Å². The SMILES string of the molecule is Cc1cccc2c(C(C)C)ncnc12. The molecular weight excluding hydrogens is 172 g/mol. The minimum Gasteiger partial charge on any atom is -0.240 e. The van der Waals surface area contributed by atoms with Crippen LogP contribution in [0.4, 0.5) is 0 Å². The molecule has 0 saturated carbocycles. The summed E-state index contributed by atoms with van der Waals surface area (Å²) in [5.41, 5.74) is 3.43. The van der Waals surface area contributed by atoms with Crippen LogP contribution in [0.25, 0.3) is 10.9 Å². The van der Waals surface area contributed by atoms with Crippen LogP contribution in [0.5, 0.6) is 0 Å². The maximum atomic E-state index is 4.34. The van der Waals surface area contributed by atoms with Crippen molar-refractivity contribution < 1.29 is 0 Å². The third-order valence-corrected chi connectivity index (χ3v) is 2.44. The summed E-state index contributed by atoms with van der Waals surface area (Å²) in [4.78, 5) is 8.65. The van der Waals surface area contributed by atoms with Crippen molar-refractivity contribution >= 4 is 10.9 Å². The quantitative estimate of drug-likeness (QED) is 0.684. The maximum absolute atomic E-state index is 4.34. The van der Waals surface area contributed by atoms with Gasteiger partial charge in [0, 0.05) is 5.39 Å². The predicted octanol–water partition coefficient (Wildman–Crippen LogP) is 3.06. The molecule has 2 heteroatoms. The number of nitrogens with zero attached hydrogens (tertiary/aromatic N) is 2. The van der Waals surface area contributed by atoms with Gasteiger partial charge in [0.1, 0.15) is 6.33 Å². The van der Waals surface area contributed by atoms with Crippen molar-refractivity contribution in [1.29, 1.82) is 0 Å². The molecule has 2 rings (SSSR count). The first-order valence-electron chi connectivity index (χ1n) is 4.90. The van der Waals surface area contributed by atoms with Crippen LogP contribution in [0, 0.1) is 6.92 Å². The van der Waals surface area contributed by atoms with E-state index in [0.29, 0.717) is 5.92 Å². The van der Waals surface area contributed by atoms with Crippen LogP contribution >= 0.6 is 0 Å². The Morgan fingerprint density at radius 3 is 2.64 bits per heavy atom. The van der Waals surface area contributed by atoms with E-state index in [4.69, 9.17) is 0 Å².